The number of para-hydroxylation sites is 1. The van der Waals surface area contributed by atoms with E-state index < -0.39 is 10.0 Å². The molecule has 2 aromatic heterocycles. The Morgan fingerprint density at radius 3 is 2.50 bits per heavy atom. The molecule has 0 saturated carbocycles. The molecule has 0 unspecified atom stereocenters. The molecule has 4 rings (SSSR count). The minimum Gasteiger partial charge on any atom is -0.457 e. The zero-order valence-electron chi connectivity index (χ0n) is 16.7. The number of aromatic nitrogens is 3. The van der Waals surface area contributed by atoms with Gasteiger partial charge in [-0.2, -0.15) is 0 Å². The van der Waals surface area contributed by atoms with E-state index in [2.05, 4.69) is 20.2 Å². The van der Waals surface area contributed by atoms with E-state index in [1.54, 1.807) is 18.2 Å². The van der Waals surface area contributed by atoms with Crippen molar-refractivity contribution in [2.24, 2.45) is 0 Å². The number of ether oxygens (including phenoxy) is 1. The first-order valence-electron chi connectivity index (χ1n) is 9.22. The summed E-state index contributed by atoms with van der Waals surface area (Å²) >= 11 is 0. The largest absolute Gasteiger partial charge is 0.457 e. The van der Waals surface area contributed by atoms with E-state index in [1.807, 2.05) is 61.0 Å². The highest BCUT2D eigenvalue weighted by Crippen LogP contribution is 2.37. The zero-order valence-corrected chi connectivity index (χ0v) is 17.6. The number of fused-ring (bicyclic) bond motifs is 1. The van der Waals surface area contributed by atoms with Crippen molar-refractivity contribution in [3.8, 4) is 22.6 Å². The van der Waals surface area contributed by atoms with Gasteiger partial charge >= 0.3 is 0 Å². The van der Waals surface area contributed by atoms with Crippen LogP contribution in [0, 0.1) is 6.92 Å². The maximum absolute atomic E-state index is 11.7. The molecule has 0 aliphatic carbocycles. The number of nitrogens with one attached hydrogen (secondary N) is 2. The summed E-state index contributed by atoms with van der Waals surface area (Å²) in [6.45, 7) is 1.87. The Labute approximate surface area is 174 Å². The minimum absolute atomic E-state index is 0.444. The van der Waals surface area contributed by atoms with Crippen LogP contribution in [0.3, 0.4) is 0 Å². The van der Waals surface area contributed by atoms with E-state index in [1.165, 1.54) is 0 Å². The lowest BCUT2D eigenvalue weighted by Gasteiger charge is -2.15. The molecule has 2 N–H and O–H groups in total. The Hall–Kier alpha value is -3.59. The average Bonchev–Trinajstić information content (AvgIpc) is 3.09. The number of hydrogen-bond acceptors (Lipinski definition) is 6. The van der Waals surface area contributed by atoms with Gasteiger partial charge in [-0.15, -0.1) is 10.2 Å². The number of benzene rings is 2. The first-order valence-corrected chi connectivity index (χ1v) is 11.1. The molecule has 0 atom stereocenters. The number of anilines is 2. The normalized spacial score (nSPS) is 11.4. The topological polar surface area (TPSA) is 97.6 Å². The second kappa shape index (κ2) is 7.68. The van der Waals surface area contributed by atoms with Gasteiger partial charge in [0.05, 0.1) is 11.9 Å². The monoisotopic (exact) mass is 423 g/mol. The lowest BCUT2D eigenvalue weighted by Crippen LogP contribution is -2.09. The maximum atomic E-state index is 11.7. The average molecular weight is 423 g/mol. The predicted molar refractivity (Wildman–Crippen MR) is 118 cm³/mol. The van der Waals surface area contributed by atoms with Crippen LogP contribution in [-0.4, -0.2) is 36.3 Å². The fourth-order valence-electron chi connectivity index (χ4n) is 3.17. The summed E-state index contributed by atoms with van der Waals surface area (Å²) in [5.41, 5.74) is 3.48. The Morgan fingerprint density at radius 2 is 1.80 bits per heavy atom. The SMILES string of the molecule is CNc1cc(-c2cc(NS(C)(=O)=O)ccc2Oc2ccccc2)cn2c(C)nnc12. The Kier molecular flexibility index (Phi) is 5.04. The van der Waals surface area contributed by atoms with Crippen LogP contribution in [0.4, 0.5) is 11.4 Å². The van der Waals surface area contributed by atoms with Gasteiger partial charge in [0.1, 0.15) is 17.3 Å². The number of rotatable bonds is 6. The van der Waals surface area contributed by atoms with Crippen molar-refractivity contribution in [1.82, 2.24) is 14.6 Å². The Morgan fingerprint density at radius 1 is 1.03 bits per heavy atom. The Balaban J connectivity index is 1.90. The fraction of sp³-hybridized carbons (Fsp3) is 0.143. The van der Waals surface area contributed by atoms with E-state index in [4.69, 9.17) is 4.74 Å². The van der Waals surface area contributed by atoms with E-state index in [0.29, 0.717) is 22.8 Å². The fourth-order valence-corrected chi connectivity index (χ4v) is 3.73. The molecule has 30 heavy (non-hydrogen) atoms. The molecule has 0 aliphatic rings. The molecule has 8 nitrogen and oxygen atoms in total. The van der Waals surface area contributed by atoms with Crippen LogP contribution in [0.2, 0.25) is 0 Å². The molecule has 4 aromatic rings. The molecule has 0 bridgehead atoms. The molecule has 154 valence electrons. The third-order valence-corrected chi connectivity index (χ3v) is 5.12. The lowest BCUT2D eigenvalue weighted by atomic mass is 10.0. The highest BCUT2D eigenvalue weighted by atomic mass is 32.2. The first kappa shape index (κ1) is 19.7. The van der Waals surface area contributed by atoms with Crippen LogP contribution in [0.15, 0.2) is 60.8 Å². The highest BCUT2D eigenvalue weighted by molar-refractivity contribution is 7.92. The van der Waals surface area contributed by atoms with E-state index >= 15 is 0 Å². The molecule has 2 heterocycles. The van der Waals surface area contributed by atoms with Crippen molar-refractivity contribution in [2.45, 2.75) is 6.92 Å². The summed E-state index contributed by atoms with van der Waals surface area (Å²) in [6, 6.07) is 16.5. The molecule has 0 fully saturated rings. The van der Waals surface area contributed by atoms with Crippen LogP contribution in [0.5, 0.6) is 11.5 Å². The summed E-state index contributed by atoms with van der Waals surface area (Å²) in [4.78, 5) is 0. The smallest absolute Gasteiger partial charge is 0.229 e. The maximum Gasteiger partial charge on any atom is 0.229 e. The first-order chi connectivity index (χ1) is 14.3. The van der Waals surface area contributed by atoms with Crippen molar-refractivity contribution in [1.29, 1.82) is 0 Å². The van der Waals surface area contributed by atoms with Crippen LogP contribution in [0.1, 0.15) is 5.82 Å². The summed E-state index contributed by atoms with van der Waals surface area (Å²) in [7, 11) is -1.61. The lowest BCUT2D eigenvalue weighted by molar-refractivity contribution is 0.484. The second-order valence-electron chi connectivity index (χ2n) is 6.83. The standard InChI is InChI=1S/C21H21N5O3S/c1-14-23-24-21-19(22-2)11-15(13-26(14)21)18-12-16(25-30(3,27)28)9-10-20(18)29-17-7-5-4-6-8-17/h4-13,22,25H,1-3H3. The van der Waals surface area contributed by atoms with Gasteiger partial charge < -0.3 is 10.1 Å². The molecule has 0 radical (unpaired) electrons. The predicted octanol–water partition coefficient (Wildman–Crippen LogP) is 3.91. The van der Waals surface area contributed by atoms with Gasteiger partial charge in [-0.05, 0) is 43.3 Å². The van der Waals surface area contributed by atoms with Crippen molar-refractivity contribution in [3.63, 3.8) is 0 Å². The van der Waals surface area contributed by atoms with Crippen LogP contribution in [-0.2, 0) is 10.0 Å². The van der Waals surface area contributed by atoms with Crippen LogP contribution >= 0.6 is 0 Å². The summed E-state index contributed by atoms with van der Waals surface area (Å²) in [5.74, 6) is 2.00. The van der Waals surface area contributed by atoms with Crippen molar-refractivity contribution in [3.05, 3.63) is 66.6 Å². The van der Waals surface area contributed by atoms with E-state index in [-0.39, 0.29) is 0 Å². The second-order valence-corrected chi connectivity index (χ2v) is 8.58. The third-order valence-electron chi connectivity index (χ3n) is 4.51. The van der Waals surface area contributed by atoms with Gasteiger partial charge in [-0.3, -0.25) is 9.12 Å². The highest BCUT2D eigenvalue weighted by Gasteiger charge is 2.15. The molecule has 0 saturated heterocycles. The van der Waals surface area contributed by atoms with Gasteiger partial charge in [-0.25, -0.2) is 8.42 Å². The summed E-state index contributed by atoms with van der Waals surface area (Å²) in [5, 5.41) is 11.5. The zero-order chi connectivity index (χ0) is 21.3. The third kappa shape index (κ3) is 4.06. The van der Waals surface area contributed by atoms with E-state index in [0.717, 1.165) is 28.9 Å². The summed E-state index contributed by atoms with van der Waals surface area (Å²) < 4.78 is 34.0. The van der Waals surface area contributed by atoms with Crippen LogP contribution < -0.4 is 14.8 Å². The Bertz CT molecular complexity index is 1320. The molecule has 0 amide bonds. The van der Waals surface area contributed by atoms with Crippen LogP contribution in [0.25, 0.3) is 16.8 Å². The molecule has 9 heteroatoms. The molecule has 0 aliphatic heterocycles. The molecular weight excluding hydrogens is 402 g/mol. The van der Waals surface area contributed by atoms with Crippen molar-refractivity contribution >= 4 is 27.0 Å². The molecular formula is C21H21N5O3S. The number of sulfonamides is 1. The quantitative estimate of drug-likeness (QED) is 0.488. The minimum atomic E-state index is -3.42. The summed E-state index contributed by atoms with van der Waals surface area (Å²) in [6.07, 6.45) is 3.02. The van der Waals surface area contributed by atoms with Gasteiger partial charge in [0.2, 0.25) is 10.0 Å². The van der Waals surface area contributed by atoms with Gasteiger partial charge in [0.25, 0.3) is 0 Å². The van der Waals surface area contributed by atoms with Gasteiger partial charge in [0, 0.05) is 30.1 Å². The molecule has 2 aromatic carbocycles. The van der Waals surface area contributed by atoms with Crippen molar-refractivity contribution < 1.29 is 13.2 Å². The number of aryl methyl sites for hydroxylation is 1. The van der Waals surface area contributed by atoms with Crippen molar-refractivity contribution in [2.75, 3.05) is 23.3 Å². The number of nitrogens with zero attached hydrogens (tertiary/aromatic N) is 3. The van der Waals surface area contributed by atoms with E-state index in [9.17, 15) is 8.42 Å². The number of pyridine rings is 1. The molecule has 0 spiro atoms. The van der Waals surface area contributed by atoms with Gasteiger partial charge in [0.15, 0.2) is 5.65 Å². The number of hydrogen-bond donors (Lipinski definition) is 2. The van der Waals surface area contributed by atoms with Gasteiger partial charge in [-0.1, -0.05) is 18.2 Å².